The van der Waals surface area contributed by atoms with Crippen LogP contribution in [0.1, 0.15) is 240 Å². The summed E-state index contributed by atoms with van der Waals surface area (Å²) in [4.78, 5) is 12.9. The van der Waals surface area contributed by atoms with E-state index >= 15 is 0 Å². The van der Waals surface area contributed by atoms with Gasteiger partial charge in [-0.25, -0.2) is 0 Å². The quantitative estimate of drug-likeness (QED) is 0.0188. The molecule has 6 heterocycles. The Labute approximate surface area is 821 Å². The van der Waals surface area contributed by atoms with Gasteiger partial charge in [0.15, 0.2) is 0 Å². The molecule has 0 radical (unpaired) electrons. The largest absolute Gasteiger partial charge is 0.495 e. The molecule has 17 nitrogen and oxygen atoms in total. The molecular weight excluding hydrogens is 1730 g/mol. The molecule has 5 aromatic carbocycles. The second-order valence-electron chi connectivity index (χ2n) is 39.4. The SMILES string of the molecule is C.C=C1CC/C=C\C[C@@H]2[C@@H](CC[C@@H](O)CCc3ccccc3)[C@H](O)C[C@@H]2O1.C=C1CCC/C=C\C[C@@H]2[C@@H](/C=C/[C@@H](O)CCc3ccccc3)[C@H](O)C[C@@H]2O1.C=C1CCC/C=C\C[C@@H]2[C@@H](/C=C/[C@@H](O)c3cc4ccccc4s3)[C@H](O)C[C@@H]2O1.C=C1CCC/C=C\C[C@@H]2[C@@H](CC[C@@H](O)CCc3ccccc3)[C@H](O)C[C@@H]2O1.Cc1cccc(OC[C@H](O)/C=C/[C@@H]2[C@H]3C/C=C\CCCC(=O)O[C@H]3C[C@H]2O)c1. The number of rotatable bonds is 25. The van der Waals surface area contributed by atoms with Crippen molar-refractivity contribution in [3.8, 4) is 5.75 Å². The van der Waals surface area contributed by atoms with Gasteiger partial charge in [0.25, 0.3) is 0 Å². The fourth-order valence-electron chi connectivity index (χ4n) is 21.5. The summed E-state index contributed by atoms with van der Waals surface area (Å²) in [6, 6.07) is 48.7. The standard InChI is InChI=1S/C24H28O3S.C24H34O3.C24H32O3.C23H30O5.C23H32O3.CH4/c1-16-8-4-2-3-5-10-19-18(21(26)15-22(19)27-16)12-13-20(25)24-14-17-9-6-7-11-23(17)28-24;2*1-18-9-5-2-3-8-12-22-21(23(26)17-24(22)27-18)16-15-20(25)14-13-19-10-6-4-7-11-19;1-16-7-6-8-18(13-16)27-15-17(24)11-12-19-20-9-4-2-3-5-10-23(26)28-22(20)14-21(19)25;1-17-8-4-2-7-11-21-20(22(25)16-23(21)26-17)15-14-19(24)13-12-18-9-5-3-6-10-18;/h3,5-7,9,11-14,18-22,25-26H,1-2,4,8,10,15H2;3-4,6-8,10-11,20-26H,1-2,5,9,12-17H2;3-4,6-8,10-11,15-16,20-26H,1-2,5,9,12-14,17H2;2,4,6-8,11-13,17,19-22,24-25H,3,5,9-10,14-15H2,1H3;2-3,5-7,9-10,19-25H,1,4,8,11-16H2;1H4/b5-3-,13-12+;8-3-;8-3-,16-15+;4-2-,12-11+;7-2-;/t18-,19-,20-,21-,22+;2*20-,21+,22+,23+,24-;17-,19-,20-,21-,22+;19-,20+,21+,22+,23-;/m10010./s1. The third kappa shape index (κ3) is 35.3. The van der Waals surface area contributed by atoms with Crippen LogP contribution < -0.4 is 4.74 Å². The van der Waals surface area contributed by atoms with Crippen LogP contribution in [0.3, 0.4) is 0 Å². The number of benzene rings is 5. The Balaban J connectivity index is 0.000000164. The highest BCUT2D eigenvalue weighted by Crippen LogP contribution is 2.47. The van der Waals surface area contributed by atoms with Crippen molar-refractivity contribution in [1.82, 2.24) is 0 Å². The van der Waals surface area contributed by atoms with E-state index in [0.717, 1.165) is 218 Å². The summed E-state index contributed by atoms with van der Waals surface area (Å²) < 4.78 is 36.8. The van der Waals surface area contributed by atoms with E-state index in [0.29, 0.717) is 56.8 Å². The summed E-state index contributed by atoms with van der Waals surface area (Å²) in [5.74, 6) is 5.19. The number of fused-ring (bicyclic) bond motifs is 6. The van der Waals surface area contributed by atoms with Crippen LogP contribution in [-0.2, 0) is 47.7 Å². The number of carbonyl (C=O) groups is 1. The molecule has 0 amide bonds. The molecule has 5 aliphatic heterocycles. The van der Waals surface area contributed by atoms with Gasteiger partial charge in [0.2, 0.25) is 0 Å². The van der Waals surface area contributed by atoms with Crippen LogP contribution in [0, 0.1) is 66.1 Å². The van der Waals surface area contributed by atoms with Crippen molar-refractivity contribution in [1.29, 1.82) is 0 Å². The average Bonchev–Trinajstić information content (AvgIpc) is 1.70. The number of ether oxygens (including phenoxy) is 6. The van der Waals surface area contributed by atoms with Gasteiger partial charge in [-0.1, -0.05) is 252 Å². The first-order chi connectivity index (χ1) is 66.0. The van der Waals surface area contributed by atoms with Crippen molar-refractivity contribution in [2.45, 2.75) is 324 Å². The van der Waals surface area contributed by atoms with E-state index in [1.807, 2.05) is 134 Å². The smallest absolute Gasteiger partial charge is 0.306 e. The van der Waals surface area contributed by atoms with Gasteiger partial charge >= 0.3 is 5.97 Å². The molecule has 10 N–H and O–H groups in total. The molecule has 5 fully saturated rings. The number of allylic oxidation sites excluding steroid dienone is 14. The number of carbonyl (C=O) groups excluding carboxylic acids is 1. The molecular formula is C119H160O17S. The minimum absolute atomic E-state index is 0. The van der Waals surface area contributed by atoms with E-state index in [-0.39, 0.29) is 122 Å². The van der Waals surface area contributed by atoms with Crippen molar-refractivity contribution in [2.75, 3.05) is 6.61 Å². The normalized spacial score (nSPS) is 30.7. The lowest BCUT2D eigenvalue weighted by molar-refractivity contribution is -0.151. The first-order valence-electron chi connectivity index (χ1n) is 51.0. The minimum atomic E-state index is -0.774. The van der Waals surface area contributed by atoms with Crippen molar-refractivity contribution in [3.05, 3.63) is 319 Å². The number of hydrogen-bond donors (Lipinski definition) is 10. The Kier molecular flexibility index (Phi) is 45.6. The third-order valence-corrected chi connectivity index (χ3v) is 30.3. The van der Waals surface area contributed by atoms with Crippen molar-refractivity contribution in [3.63, 3.8) is 0 Å². The number of esters is 1. The summed E-state index contributed by atoms with van der Waals surface area (Å²) in [5.41, 5.74) is 4.86. The maximum Gasteiger partial charge on any atom is 0.306 e. The van der Waals surface area contributed by atoms with Gasteiger partial charge in [-0.3, -0.25) is 4.79 Å². The van der Waals surface area contributed by atoms with E-state index in [1.54, 1.807) is 17.4 Å². The van der Waals surface area contributed by atoms with E-state index < -0.39 is 36.6 Å². The van der Waals surface area contributed by atoms with Crippen LogP contribution in [0.5, 0.6) is 5.75 Å². The Morgan fingerprint density at radius 1 is 0.394 bits per heavy atom. The second kappa shape index (κ2) is 57.7. The van der Waals surface area contributed by atoms with Crippen LogP contribution in [0.15, 0.2) is 292 Å². The molecule has 744 valence electrons. The maximum atomic E-state index is 12.0. The Bertz CT molecular complexity index is 4800. The van der Waals surface area contributed by atoms with Crippen LogP contribution >= 0.6 is 11.3 Å². The molecule has 10 aliphatic rings. The fraction of sp³-hybridized carbons (Fsp3) is 0.521. The second-order valence-corrected chi connectivity index (χ2v) is 40.5. The van der Waals surface area contributed by atoms with Gasteiger partial charge in [-0.2, -0.15) is 0 Å². The van der Waals surface area contributed by atoms with Gasteiger partial charge in [0, 0.05) is 121 Å². The lowest BCUT2D eigenvalue weighted by Gasteiger charge is -2.27. The highest BCUT2D eigenvalue weighted by atomic mass is 32.1. The molecule has 1 aromatic heterocycles. The topological polar surface area (TPSA) is 275 Å². The number of aliphatic hydroxyl groups is 10. The monoisotopic (exact) mass is 1890 g/mol. The zero-order valence-electron chi connectivity index (χ0n) is 80.3. The molecule has 0 saturated heterocycles. The molecule has 16 rings (SSSR count). The first-order valence-corrected chi connectivity index (χ1v) is 51.8. The number of hydrogen-bond acceptors (Lipinski definition) is 18. The van der Waals surface area contributed by atoms with E-state index in [2.05, 4.69) is 136 Å². The van der Waals surface area contributed by atoms with Gasteiger partial charge in [-0.15, -0.1) is 11.3 Å². The van der Waals surface area contributed by atoms with Crippen molar-refractivity contribution >= 4 is 27.4 Å². The van der Waals surface area contributed by atoms with E-state index in [1.165, 1.54) is 21.4 Å². The predicted octanol–water partition coefficient (Wildman–Crippen LogP) is 23.2. The zero-order chi connectivity index (χ0) is 95.9. The zero-order valence-corrected chi connectivity index (χ0v) is 81.2. The minimum Gasteiger partial charge on any atom is -0.495 e. The van der Waals surface area contributed by atoms with E-state index in [4.69, 9.17) is 28.4 Å². The predicted molar refractivity (Wildman–Crippen MR) is 552 cm³/mol. The van der Waals surface area contributed by atoms with Crippen LogP contribution in [0.25, 0.3) is 10.1 Å². The Morgan fingerprint density at radius 2 is 0.774 bits per heavy atom. The molecule has 18 heteroatoms. The molecule has 137 heavy (non-hydrogen) atoms. The maximum absolute atomic E-state index is 12.0. The van der Waals surface area contributed by atoms with E-state index in [9.17, 15) is 55.9 Å². The number of aliphatic hydroxyl groups excluding tert-OH is 10. The van der Waals surface area contributed by atoms with Crippen molar-refractivity contribution in [2.24, 2.45) is 59.2 Å². The van der Waals surface area contributed by atoms with Gasteiger partial charge in [0.05, 0.1) is 71.9 Å². The molecule has 5 saturated carbocycles. The van der Waals surface area contributed by atoms with Gasteiger partial charge < -0.3 is 79.5 Å². The lowest BCUT2D eigenvalue weighted by Crippen LogP contribution is -2.25. The summed E-state index contributed by atoms with van der Waals surface area (Å²) in [6.45, 7) is 18.3. The molecule has 0 unspecified atom stereocenters. The average molecular weight is 1890 g/mol. The molecule has 25 atom stereocenters. The molecule has 0 spiro atoms. The third-order valence-electron chi connectivity index (χ3n) is 29.1. The Morgan fingerprint density at radius 3 is 1.23 bits per heavy atom. The first kappa shape index (κ1) is 108. The lowest BCUT2D eigenvalue weighted by atomic mass is 9.85. The van der Waals surface area contributed by atoms with Gasteiger partial charge in [-0.05, 0) is 225 Å². The molecule has 5 aliphatic carbocycles. The van der Waals surface area contributed by atoms with Crippen LogP contribution in [0.4, 0.5) is 0 Å². The highest BCUT2D eigenvalue weighted by Gasteiger charge is 2.48. The number of aryl methyl sites for hydroxylation is 4. The summed E-state index contributed by atoms with van der Waals surface area (Å²) >= 11 is 1.61. The van der Waals surface area contributed by atoms with Crippen LogP contribution in [0.2, 0.25) is 0 Å². The summed E-state index contributed by atoms with van der Waals surface area (Å²) in [5, 5.41) is 106. The fourth-order valence-corrected chi connectivity index (χ4v) is 22.6. The van der Waals surface area contributed by atoms with Crippen LogP contribution in [-0.4, -0.2) is 149 Å². The highest BCUT2D eigenvalue weighted by molar-refractivity contribution is 7.19. The van der Waals surface area contributed by atoms with Gasteiger partial charge in [0.1, 0.15) is 55.1 Å². The molecule has 6 aromatic rings. The Hall–Kier alpha value is -8.99. The summed E-state index contributed by atoms with van der Waals surface area (Å²) in [6.07, 6.45) is 56.8. The molecule has 0 bridgehead atoms. The number of thiophene rings is 1. The van der Waals surface area contributed by atoms with Crippen molar-refractivity contribution < 1.29 is 84.3 Å². The summed E-state index contributed by atoms with van der Waals surface area (Å²) in [7, 11) is 0.